The van der Waals surface area contributed by atoms with Crippen LogP contribution in [0.15, 0.2) is 81.6 Å². The van der Waals surface area contributed by atoms with Crippen LogP contribution in [0, 0.1) is 6.92 Å². The maximum Gasteiger partial charge on any atom is 0.258 e. The van der Waals surface area contributed by atoms with Crippen LogP contribution in [0.5, 0.6) is 5.75 Å². The molecule has 0 saturated carbocycles. The second kappa shape index (κ2) is 9.76. The van der Waals surface area contributed by atoms with E-state index in [4.69, 9.17) is 30.9 Å². The van der Waals surface area contributed by atoms with E-state index >= 15 is 0 Å². The van der Waals surface area contributed by atoms with Crippen molar-refractivity contribution in [2.75, 3.05) is 6.61 Å². The van der Waals surface area contributed by atoms with Gasteiger partial charge in [-0.25, -0.2) is 0 Å². The monoisotopic (exact) mass is 486 g/mol. The molecule has 3 heterocycles. The van der Waals surface area contributed by atoms with E-state index in [1.165, 1.54) is 5.56 Å². The Labute approximate surface area is 209 Å². The highest BCUT2D eigenvalue weighted by Gasteiger charge is 2.34. The number of allylic oxidation sites excluding steroid dienone is 1. The molecule has 1 aliphatic heterocycles. The summed E-state index contributed by atoms with van der Waals surface area (Å²) in [6.45, 7) is 7.13. The molecule has 35 heavy (non-hydrogen) atoms. The number of ether oxygens (including phenoxy) is 1. The summed E-state index contributed by atoms with van der Waals surface area (Å²) in [6, 6.07) is 19.5. The molecule has 1 atom stereocenters. The van der Waals surface area contributed by atoms with Gasteiger partial charge in [0.15, 0.2) is 5.11 Å². The summed E-state index contributed by atoms with van der Waals surface area (Å²) >= 11 is 5.77. The Balaban J connectivity index is 1.57. The molecule has 2 aromatic heterocycles. The van der Waals surface area contributed by atoms with Crippen molar-refractivity contribution in [3.63, 3.8) is 0 Å². The number of benzene rings is 2. The molecule has 0 fully saturated rings. The first-order chi connectivity index (χ1) is 17.0. The van der Waals surface area contributed by atoms with E-state index < -0.39 is 0 Å². The number of furan rings is 1. The minimum absolute atomic E-state index is 0.266. The second-order valence-electron chi connectivity index (χ2n) is 8.34. The third-order valence-electron chi connectivity index (χ3n) is 5.98. The molecule has 0 aliphatic carbocycles. The lowest BCUT2D eigenvalue weighted by Crippen LogP contribution is -2.45. The first-order valence-corrected chi connectivity index (χ1v) is 11.9. The standard InChI is InChI=1S/C27H26N4O3S/c1-4-32-21-13-11-19(12-14-21)24-23(18(3)31(27(35)28-24)16-22-6-5-15-33-22)26-29-25(30-34-26)20-9-7-17(2)8-10-20/h5-15,24H,4,16H2,1-3H3,(H,28,35). The predicted octanol–water partition coefficient (Wildman–Crippen LogP) is 5.90. The molecule has 7 nitrogen and oxygen atoms in total. The number of aromatic nitrogens is 2. The maximum atomic E-state index is 5.81. The van der Waals surface area contributed by atoms with Crippen LogP contribution in [0.2, 0.25) is 0 Å². The Morgan fingerprint density at radius 3 is 2.51 bits per heavy atom. The first-order valence-electron chi connectivity index (χ1n) is 11.5. The van der Waals surface area contributed by atoms with Gasteiger partial charge < -0.3 is 23.9 Å². The normalized spacial score (nSPS) is 15.9. The summed E-state index contributed by atoms with van der Waals surface area (Å²) in [5, 5.41) is 8.34. The number of thiocarbonyl (C=S) groups is 1. The van der Waals surface area contributed by atoms with Crippen molar-refractivity contribution in [3.8, 4) is 17.1 Å². The lowest BCUT2D eigenvalue weighted by Gasteiger charge is -2.37. The van der Waals surface area contributed by atoms with Gasteiger partial charge in [-0.2, -0.15) is 4.98 Å². The molecule has 8 heteroatoms. The van der Waals surface area contributed by atoms with E-state index in [9.17, 15) is 0 Å². The molecule has 1 unspecified atom stereocenters. The summed E-state index contributed by atoms with van der Waals surface area (Å²) in [7, 11) is 0. The average Bonchev–Trinajstić information content (AvgIpc) is 3.55. The Hall–Kier alpha value is -3.91. The van der Waals surface area contributed by atoms with Crippen molar-refractivity contribution in [2.45, 2.75) is 33.4 Å². The number of nitrogens with zero attached hydrogens (tertiary/aromatic N) is 3. The van der Waals surface area contributed by atoms with Gasteiger partial charge in [-0.3, -0.25) is 0 Å². The van der Waals surface area contributed by atoms with Crippen LogP contribution in [0.1, 0.15) is 42.7 Å². The topological polar surface area (TPSA) is 76.6 Å². The van der Waals surface area contributed by atoms with Gasteiger partial charge in [-0.15, -0.1) is 0 Å². The Morgan fingerprint density at radius 2 is 1.83 bits per heavy atom. The number of hydrogen-bond acceptors (Lipinski definition) is 6. The highest BCUT2D eigenvalue weighted by molar-refractivity contribution is 7.80. The third-order valence-corrected chi connectivity index (χ3v) is 6.32. The summed E-state index contributed by atoms with van der Waals surface area (Å²) in [4.78, 5) is 6.76. The van der Waals surface area contributed by atoms with Crippen LogP contribution >= 0.6 is 12.2 Å². The van der Waals surface area contributed by atoms with Crippen molar-refractivity contribution in [2.24, 2.45) is 0 Å². The van der Waals surface area contributed by atoms with E-state index in [1.54, 1.807) is 6.26 Å². The van der Waals surface area contributed by atoms with Crippen molar-refractivity contribution >= 4 is 22.9 Å². The molecule has 0 radical (unpaired) electrons. The van der Waals surface area contributed by atoms with Gasteiger partial charge in [0, 0.05) is 11.3 Å². The van der Waals surface area contributed by atoms with Crippen molar-refractivity contribution in [1.29, 1.82) is 0 Å². The lowest BCUT2D eigenvalue weighted by molar-refractivity contribution is 0.340. The molecular weight excluding hydrogens is 460 g/mol. The van der Waals surface area contributed by atoms with Gasteiger partial charge in [0.05, 0.1) is 31.0 Å². The minimum atomic E-state index is -0.266. The molecule has 0 spiro atoms. The van der Waals surface area contributed by atoms with E-state index in [0.29, 0.717) is 30.0 Å². The lowest BCUT2D eigenvalue weighted by atomic mass is 9.94. The van der Waals surface area contributed by atoms with Gasteiger partial charge in [0.1, 0.15) is 11.5 Å². The smallest absolute Gasteiger partial charge is 0.258 e. The molecule has 0 amide bonds. The largest absolute Gasteiger partial charge is 0.494 e. The van der Waals surface area contributed by atoms with Gasteiger partial charge in [-0.1, -0.05) is 47.1 Å². The average molecular weight is 487 g/mol. The second-order valence-corrected chi connectivity index (χ2v) is 8.73. The van der Waals surface area contributed by atoms with Gasteiger partial charge >= 0.3 is 0 Å². The summed E-state index contributed by atoms with van der Waals surface area (Å²) in [5.41, 5.74) is 4.86. The zero-order valence-corrected chi connectivity index (χ0v) is 20.6. The summed E-state index contributed by atoms with van der Waals surface area (Å²) in [5.74, 6) is 2.60. The van der Waals surface area contributed by atoms with Crippen LogP contribution in [-0.2, 0) is 6.54 Å². The molecule has 1 aliphatic rings. The van der Waals surface area contributed by atoms with Gasteiger partial charge in [0.2, 0.25) is 5.82 Å². The van der Waals surface area contributed by atoms with E-state index in [1.807, 2.05) is 86.3 Å². The van der Waals surface area contributed by atoms with E-state index in [-0.39, 0.29) is 6.04 Å². The van der Waals surface area contributed by atoms with Gasteiger partial charge in [-0.05, 0) is 62.8 Å². The number of nitrogens with one attached hydrogen (secondary N) is 1. The van der Waals surface area contributed by atoms with Crippen molar-refractivity contribution in [3.05, 3.63) is 95.4 Å². The summed E-state index contributed by atoms with van der Waals surface area (Å²) < 4.78 is 17.0. The number of rotatable bonds is 7. The number of aryl methyl sites for hydroxylation is 1. The molecule has 2 aromatic carbocycles. The molecule has 1 N–H and O–H groups in total. The molecule has 0 bridgehead atoms. The molecular formula is C27H26N4O3S. The van der Waals surface area contributed by atoms with Crippen LogP contribution < -0.4 is 10.1 Å². The zero-order valence-electron chi connectivity index (χ0n) is 19.8. The fourth-order valence-corrected chi connectivity index (χ4v) is 4.45. The third kappa shape index (κ3) is 4.70. The highest BCUT2D eigenvalue weighted by atomic mass is 32.1. The first kappa shape index (κ1) is 22.9. The predicted molar refractivity (Wildman–Crippen MR) is 137 cm³/mol. The van der Waals surface area contributed by atoms with Crippen LogP contribution in [0.3, 0.4) is 0 Å². The maximum absolute atomic E-state index is 5.81. The van der Waals surface area contributed by atoms with Crippen LogP contribution in [-0.4, -0.2) is 26.8 Å². The van der Waals surface area contributed by atoms with Gasteiger partial charge in [0.25, 0.3) is 5.89 Å². The highest BCUT2D eigenvalue weighted by Crippen LogP contribution is 2.38. The van der Waals surface area contributed by atoms with Crippen LogP contribution in [0.4, 0.5) is 0 Å². The Bertz CT molecular complexity index is 1340. The minimum Gasteiger partial charge on any atom is -0.494 e. The Morgan fingerprint density at radius 1 is 1.06 bits per heavy atom. The van der Waals surface area contributed by atoms with Crippen molar-refractivity contribution in [1.82, 2.24) is 20.4 Å². The SMILES string of the molecule is CCOc1ccc(C2NC(=S)N(Cc3ccco3)C(C)=C2c2nc(-c3ccc(C)cc3)no2)cc1. The molecule has 178 valence electrons. The Kier molecular flexibility index (Phi) is 6.37. The van der Waals surface area contributed by atoms with Crippen molar-refractivity contribution < 1.29 is 13.7 Å². The van der Waals surface area contributed by atoms with Crippen LogP contribution in [0.25, 0.3) is 17.0 Å². The zero-order chi connectivity index (χ0) is 24.4. The molecule has 5 rings (SSSR count). The fraction of sp³-hybridized carbons (Fsp3) is 0.222. The summed E-state index contributed by atoms with van der Waals surface area (Å²) in [6.07, 6.45) is 1.66. The molecule has 4 aromatic rings. The molecule has 0 saturated heterocycles. The fourth-order valence-electron chi connectivity index (χ4n) is 4.13. The van der Waals surface area contributed by atoms with E-state index in [2.05, 4.69) is 10.5 Å². The van der Waals surface area contributed by atoms with E-state index in [0.717, 1.165) is 33.9 Å². The number of hydrogen-bond donors (Lipinski definition) is 1. The quantitative estimate of drug-likeness (QED) is 0.324.